The Hall–Kier alpha value is -2.54. The lowest BCUT2D eigenvalue weighted by Gasteiger charge is -2.29. The molecule has 0 saturated carbocycles. The number of rotatable bonds is 4. The molecule has 2 aromatic carbocycles. The highest BCUT2D eigenvalue weighted by atomic mass is 79.9. The fraction of sp³-hybridized carbons (Fsp3) is 0.300. The first-order valence-corrected chi connectivity index (χ1v) is 9.33. The standard InChI is InChI=1S/C20H21BrN2O4/c1-12(24)23-8-7-14-13(11-23)5-4-6-17(14)22-20(25)15-9-16(21)19(27-3)10-18(15)26-2/h4-6,9-10H,7-8,11H2,1-3H3,(H,22,25). The van der Waals surface area contributed by atoms with Gasteiger partial charge in [-0.1, -0.05) is 12.1 Å². The number of nitrogens with zero attached hydrogens (tertiary/aromatic N) is 1. The fourth-order valence-corrected chi connectivity index (χ4v) is 3.73. The maximum Gasteiger partial charge on any atom is 0.259 e. The molecule has 0 radical (unpaired) electrons. The summed E-state index contributed by atoms with van der Waals surface area (Å²) in [6.07, 6.45) is 0.703. The van der Waals surface area contributed by atoms with Crippen molar-refractivity contribution in [1.82, 2.24) is 4.90 Å². The van der Waals surface area contributed by atoms with Crippen molar-refractivity contribution in [3.63, 3.8) is 0 Å². The maximum atomic E-state index is 12.9. The molecule has 1 heterocycles. The van der Waals surface area contributed by atoms with Gasteiger partial charge < -0.3 is 19.7 Å². The minimum Gasteiger partial charge on any atom is -0.496 e. The molecule has 0 atom stereocenters. The zero-order valence-electron chi connectivity index (χ0n) is 15.5. The summed E-state index contributed by atoms with van der Waals surface area (Å²) in [5.41, 5.74) is 3.28. The number of hydrogen-bond donors (Lipinski definition) is 1. The summed E-state index contributed by atoms with van der Waals surface area (Å²) >= 11 is 3.41. The zero-order valence-corrected chi connectivity index (χ0v) is 17.1. The molecule has 0 fully saturated rings. The van der Waals surface area contributed by atoms with Crippen LogP contribution in [0.25, 0.3) is 0 Å². The quantitative estimate of drug-likeness (QED) is 0.800. The predicted molar refractivity (Wildman–Crippen MR) is 106 cm³/mol. The molecule has 0 aliphatic carbocycles. The molecule has 6 nitrogen and oxygen atoms in total. The number of fused-ring (bicyclic) bond motifs is 1. The number of halogens is 1. The van der Waals surface area contributed by atoms with E-state index in [1.165, 1.54) is 7.11 Å². The summed E-state index contributed by atoms with van der Waals surface area (Å²) in [5.74, 6) is 0.811. The monoisotopic (exact) mass is 432 g/mol. The van der Waals surface area contributed by atoms with Crippen molar-refractivity contribution in [2.24, 2.45) is 0 Å². The molecule has 7 heteroatoms. The molecule has 1 N–H and O–H groups in total. The van der Waals surface area contributed by atoms with E-state index in [9.17, 15) is 9.59 Å². The number of ether oxygens (including phenoxy) is 2. The molecule has 2 aromatic rings. The summed E-state index contributed by atoms with van der Waals surface area (Å²) in [4.78, 5) is 26.3. The highest BCUT2D eigenvalue weighted by molar-refractivity contribution is 9.10. The molecule has 0 aromatic heterocycles. The van der Waals surface area contributed by atoms with Crippen LogP contribution < -0.4 is 14.8 Å². The van der Waals surface area contributed by atoms with Crippen LogP contribution in [-0.2, 0) is 17.8 Å². The Kier molecular flexibility index (Phi) is 5.70. The second-order valence-corrected chi connectivity index (χ2v) is 7.13. The number of amides is 2. The Morgan fingerprint density at radius 3 is 2.56 bits per heavy atom. The fourth-order valence-electron chi connectivity index (χ4n) is 3.22. The van der Waals surface area contributed by atoms with Crippen molar-refractivity contribution in [3.8, 4) is 11.5 Å². The van der Waals surface area contributed by atoms with Crippen LogP contribution in [0.4, 0.5) is 5.69 Å². The smallest absolute Gasteiger partial charge is 0.259 e. The second kappa shape index (κ2) is 8.00. The van der Waals surface area contributed by atoms with E-state index in [4.69, 9.17) is 9.47 Å². The Bertz CT molecular complexity index is 898. The molecular weight excluding hydrogens is 412 g/mol. The van der Waals surface area contributed by atoms with Gasteiger partial charge in [0.25, 0.3) is 5.91 Å². The molecule has 0 unspecified atom stereocenters. The van der Waals surface area contributed by atoms with E-state index in [0.717, 1.165) is 16.8 Å². The van der Waals surface area contributed by atoms with Crippen LogP contribution in [0.15, 0.2) is 34.8 Å². The van der Waals surface area contributed by atoms with Gasteiger partial charge in [0, 0.05) is 31.8 Å². The summed E-state index contributed by atoms with van der Waals surface area (Å²) in [6, 6.07) is 9.11. The average Bonchev–Trinajstić information content (AvgIpc) is 2.67. The van der Waals surface area contributed by atoms with E-state index >= 15 is 0 Å². The summed E-state index contributed by atoms with van der Waals surface area (Å²) in [5, 5.41) is 2.99. The third-order valence-electron chi connectivity index (χ3n) is 4.68. The molecule has 142 valence electrons. The van der Waals surface area contributed by atoms with Crippen LogP contribution in [0.2, 0.25) is 0 Å². The van der Waals surface area contributed by atoms with Crippen LogP contribution in [0, 0.1) is 0 Å². The van der Waals surface area contributed by atoms with Gasteiger partial charge in [-0.15, -0.1) is 0 Å². The van der Waals surface area contributed by atoms with Crippen molar-refractivity contribution >= 4 is 33.4 Å². The first-order valence-electron chi connectivity index (χ1n) is 8.53. The van der Waals surface area contributed by atoms with Gasteiger partial charge in [-0.2, -0.15) is 0 Å². The van der Waals surface area contributed by atoms with Gasteiger partial charge >= 0.3 is 0 Å². The van der Waals surface area contributed by atoms with E-state index in [-0.39, 0.29) is 11.8 Å². The largest absolute Gasteiger partial charge is 0.496 e. The lowest BCUT2D eigenvalue weighted by atomic mass is 9.97. The first-order chi connectivity index (χ1) is 12.9. The van der Waals surface area contributed by atoms with E-state index in [0.29, 0.717) is 41.0 Å². The number of carbonyl (C=O) groups is 2. The SMILES string of the molecule is COc1cc(OC)c(C(=O)Nc2cccc3c2CCN(C(C)=O)C3)cc1Br. The van der Waals surface area contributed by atoms with Crippen LogP contribution >= 0.6 is 15.9 Å². The number of benzene rings is 2. The van der Waals surface area contributed by atoms with Gasteiger partial charge in [0.2, 0.25) is 5.91 Å². The van der Waals surface area contributed by atoms with Crippen LogP contribution in [0.3, 0.4) is 0 Å². The van der Waals surface area contributed by atoms with Crippen molar-refractivity contribution in [2.75, 3.05) is 26.1 Å². The van der Waals surface area contributed by atoms with Crippen LogP contribution in [-0.4, -0.2) is 37.5 Å². The normalized spacial score (nSPS) is 13.0. The maximum absolute atomic E-state index is 12.9. The Balaban J connectivity index is 1.89. The number of methoxy groups -OCH3 is 2. The summed E-state index contributed by atoms with van der Waals surface area (Å²) in [7, 11) is 3.07. The van der Waals surface area contributed by atoms with E-state index in [1.54, 1.807) is 31.1 Å². The topological polar surface area (TPSA) is 67.9 Å². The highest BCUT2D eigenvalue weighted by Gasteiger charge is 2.22. The van der Waals surface area contributed by atoms with Gasteiger partial charge in [0.15, 0.2) is 0 Å². The third-order valence-corrected chi connectivity index (χ3v) is 5.30. The molecule has 3 rings (SSSR count). The molecule has 1 aliphatic rings. The number of carbonyl (C=O) groups excluding carboxylic acids is 2. The van der Waals surface area contributed by atoms with Crippen LogP contribution in [0.1, 0.15) is 28.4 Å². The van der Waals surface area contributed by atoms with Gasteiger partial charge in [-0.3, -0.25) is 9.59 Å². The van der Waals surface area contributed by atoms with Crippen molar-refractivity contribution in [2.45, 2.75) is 19.9 Å². The molecule has 2 amide bonds. The van der Waals surface area contributed by atoms with Gasteiger partial charge in [-0.05, 0) is 45.6 Å². The summed E-state index contributed by atoms with van der Waals surface area (Å²) in [6.45, 7) is 2.78. The van der Waals surface area contributed by atoms with Crippen molar-refractivity contribution < 1.29 is 19.1 Å². The average molecular weight is 433 g/mol. The number of hydrogen-bond acceptors (Lipinski definition) is 4. The van der Waals surface area contributed by atoms with Gasteiger partial charge in [0.05, 0.1) is 24.3 Å². The summed E-state index contributed by atoms with van der Waals surface area (Å²) < 4.78 is 11.3. The number of nitrogens with one attached hydrogen (secondary N) is 1. The Labute approximate surface area is 166 Å². The molecular formula is C20H21BrN2O4. The highest BCUT2D eigenvalue weighted by Crippen LogP contribution is 2.34. The molecule has 27 heavy (non-hydrogen) atoms. The zero-order chi connectivity index (χ0) is 19.6. The van der Waals surface area contributed by atoms with E-state index in [2.05, 4.69) is 21.2 Å². The lowest BCUT2D eigenvalue weighted by molar-refractivity contribution is -0.129. The first kappa shape index (κ1) is 19.2. The molecule has 0 bridgehead atoms. The van der Waals surface area contributed by atoms with Crippen molar-refractivity contribution in [1.29, 1.82) is 0 Å². The molecule has 1 aliphatic heterocycles. The van der Waals surface area contributed by atoms with Crippen LogP contribution in [0.5, 0.6) is 11.5 Å². The Morgan fingerprint density at radius 2 is 1.89 bits per heavy atom. The van der Waals surface area contributed by atoms with Gasteiger partial charge in [0.1, 0.15) is 11.5 Å². The minimum absolute atomic E-state index is 0.0582. The van der Waals surface area contributed by atoms with Gasteiger partial charge in [-0.25, -0.2) is 0 Å². The molecule has 0 spiro atoms. The predicted octanol–water partition coefficient (Wildman–Crippen LogP) is 3.62. The third kappa shape index (κ3) is 3.93. The van der Waals surface area contributed by atoms with Crippen molar-refractivity contribution in [3.05, 3.63) is 51.5 Å². The lowest BCUT2D eigenvalue weighted by Crippen LogP contribution is -2.34. The number of anilines is 1. The Morgan fingerprint density at radius 1 is 1.15 bits per heavy atom. The van der Waals surface area contributed by atoms with E-state index < -0.39 is 0 Å². The van der Waals surface area contributed by atoms with E-state index in [1.807, 2.05) is 18.2 Å². The molecule has 0 saturated heterocycles. The second-order valence-electron chi connectivity index (χ2n) is 6.27. The minimum atomic E-state index is -0.266.